The number of amides is 1. The second kappa shape index (κ2) is 9.01. The smallest absolute Gasteiger partial charge is 0.261 e. The van der Waals surface area contributed by atoms with Gasteiger partial charge in [0.05, 0.1) is 29.6 Å². The third kappa shape index (κ3) is 4.68. The average Bonchev–Trinajstić information content (AvgIpc) is 3.30. The van der Waals surface area contributed by atoms with E-state index in [1.54, 1.807) is 41.2 Å². The number of hydrogen-bond donors (Lipinski definition) is 2. The van der Waals surface area contributed by atoms with Crippen molar-refractivity contribution in [1.29, 1.82) is 0 Å². The van der Waals surface area contributed by atoms with E-state index in [0.29, 0.717) is 17.3 Å². The van der Waals surface area contributed by atoms with Crippen molar-refractivity contribution in [1.82, 2.24) is 19.1 Å². The highest BCUT2D eigenvalue weighted by molar-refractivity contribution is 7.89. The van der Waals surface area contributed by atoms with Gasteiger partial charge in [0.25, 0.3) is 5.91 Å². The predicted octanol–water partition coefficient (Wildman–Crippen LogP) is 3.50. The van der Waals surface area contributed by atoms with Gasteiger partial charge < -0.3 is 14.6 Å². The molecule has 0 bridgehead atoms. The van der Waals surface area contributed by atoms with E-state index in [1.807, 2.05) is 0 Å². The SMILES string of the molecule is COc1ccc(S(=O)(=O)NC2CC2)cc1NC(=O)c1cnn(-c2ccc(F)cc2)c1-n1cccc1. The van der Waals surface area contributed by atoms with Gasteiger partial charge in [0.2, 0.25) is 10.0 Å². The maximum atomic E-state index is 13.5. The molecule has 1 aliphatic carbocycles. The van der Waals surface area contributed by atoms with E-state index in [1.165, 1.54) is 48.3 Å². The van der Waals surface area contributed by atoms with E-state index in [-0.39, 0.29) is 28.0 Å². The van der Waals surface area contributed by atoms with Gasteiger partial charge in [-0.2, -0.15) is 5.10 Å². The number of hydrogen-bond acceptors (Lipinski definition) is 5. The monoisotopic (exact) mass is 495 g/mol. The van der Waals surface area contributed by atoms with Crippen molar-refractivity contribution in [2.45, 2.75) is 23.8 Å². The Labute approximate surface area is 201 Å². The summed E-state index contributed by atoms with van der Waals surface area (Å²) in [7, 11) is -2.30. The molecule has 9 nitrogen and oxygen atoms in total. The van der Waals surface area contributed by atoms with Gasteiger partial charge in [-0.1, -0.05) is 0 Å². The van der Waals surface area contributed by atoms with Gasteiger partial charge >= 0.3 is 0 Å². The number of aromatic nitrogens is 3. The summed E-state index contributed by atoms with van der Waals surface area (Å²) in [6.07, 6.45) is 6.52. The van der Waals surface area contributed by atoms with E-state index >= 15 is 0 Å². The van der Waals surface area contributed by atoms with Crippen LogP contribution in [0, 0.1) is 5.82 Å². The number of anilines is 1. The number of rotatable bonds is 8. The zero-order valence-corrected chi connectivity index (χ0v) is 19.5. The summed E-state index contributed by atoms with van der Waals surface area (Å²) < 4.78 is 50.0. The predicted molar refractivity (Wildman–Crippen MR) is 127 cm³/mol. The standard InChI is InChI=1S/C24H22FN5O4S/c1-34-22-11-10-19(35(32,33)28-17-6-7-17)14-21(22)27-23(31)20-15-26-30(18-8-4-16(25)5-9-18)24(20)29-12-2-3-13-29/h2-5,8-15,17,28H,6-7H2,1H3,(H,27,31). The molecule has 0 spiro atoms. The van der Waals surface area contributed by atoms with Crippen LogP contribution in [0.1, 0.15) is 23.2 Å². The van der Waals surface area contributed by atoms with Crippen LogP contribution in [0.4, 0.5) is 10.1 Å². The lowest BCUT2D eigenvalue weighted by Crippen LogP contribution is -2.26. The molecule has 1 fully saturated rings. The van der Waals surface area contributed by atoms with E-state index in [0.717, 1.165) is 12.8 Å². The number of carbonyl (C=O) groups excluding carboxylic acids is 1. The highest BCUT2D eigenvalue weighted by Crippen LogP contribution is 2.30. The number of sulfonamides is 1. The Morgan fingerprint density at radius 2 is 1.83 bits per heavy atom. The number of halogens is 1. The van der Waals surface area contributed by atoms with Gasteiger partial charge in [-0.15, -0.1) is 0 Å². The number of carbonyl (C=O) groups is 1. The molecule has 5 rings (SSSR count). The molecule has 0 atom stereocenters. The fourth-order valence-corrected chi connectivity index (χ4v) is 4.96. The van der Waals surface area contributed by atoms with Gasteiger partial charge in [-0.05, 0) is 67.4 Å². The highest BCUT2D eigenvalue weighted by Gasteiger charge is 2.29. The second-order valence-corrected chi connectivity index (χ2v) is 9.79. The van der Waals surface area contributed by atoms with E-state index in [9.17, 15) is 17.6 Å². The van der Waals surface area contributed by atoms with Crippen molar-refractivity contribution in [2.24, 2.45) is 0 Å². The van der Waals surface area contributed by atoms with Crippen LogP contribution in [-0.2, 0) is 10.0 Å². The minimum Gasteiger partial charge on any atom is -0.495 e. The molecule has 0 aliphatic heterocycles. The van der Waals surface area contributed by atoms with E-state index in [4.69, 9.17) is 4.74 Å². The molecule has 1 saturated carbocycles. The molecule has 180 valence electrons. The molecule has 1 aliphatic rings. The maximum absolute atomic E-state index is 13.5. The molecule has 11 heteroatoms. The number of benzene rings is 2. The zero-order chi connectivity index (χ0) is 24.6. The summed E-state index contributed by atoms with van der Waals surface area (Å²) in [4.78, 5) is 13.4. The summed E-state index contributed by atoms with van der Waals surface area (Å²) in [5.74, 6) is -0.182. The first-order valence-corrected chi connectivity index (χ1v) is 12.3. The Morgan fingerprint density at radius 1 is 1.11 bits per heavy atom. The van der Waals surface area contributed by atoms with Gasteiger partial charge in [0.15, 0.2) is 5.82 Å². The van der Waals surface area contributed by atoms with Gasteiger partial charge in [0, 0.05) is 18.4 Å². The van der Waals surface area contributed by atoms with Gasteiger partial charge in [0.1, 0.15) is 17.1 Å². The Kier molecular flexibility index (Phi) is 5.87. The van der Waals surface area contributed by atoms with Crippen molar-refractivity contribution in [3.63, 3.8) is 0 Å². The first-order chi connectivity index (χ1) is 16.9. The van der Waals surface area contributed by atoms with Crippen LogP contribution in [0.2, 0.25) is 0 Å². The van der Waals surface area contributed by atoms with Crippen LogP contribution < -0.4 is 14.8 Å². The molecule has 1 amide bonds. The first kappa shape index (κ1) is 22.8. The summed E-state index contributed by atoms with van der Waals surface area (Å²) in [5.41, 5.74) is 0.979. The van der Waals surface area contributed by atoms with Crippen LogP contribution in [0.3, 0.4) is 0 Å². The summed E-state index contributed by atoms with van der Waals surface area (Å²) in [6, 6.07) is 13.6. The van der Waals surface area contributed by atoms with Crippen molar-refractivity contribution in [2.75, 3.05) is 12.4 Å². The van der Waals surface area contributed by atoms with Gasteiger partial charge in [-0.3, -0.25) is 4.79 Å². The fourth-order valence-electron chi connectivity index (χ4n) is 3.63. The van der Waals surface area contributed by atoms with Crippen LogP contribution in [-0.4, -0.2) is 41.8 Å². The number of nitrogens with one attached hydrogen (secondary N) is 2. The second-order valence-electron chi connectivity index (χ2n) is 8.07. The Morgan fingerprint density at radius 3 is 2.49 bits per heavy atom. The molecular weight excluding hydrogens is 473 g/mol. The van der Waals surface area contributed by atoms with Crippen molar-refractivity contribution in [3.8, 4) is 17.3 Å². The van der Waals surface area contributed by atoms with Crippen LogP contribution in [0.15, 0.2) is 78.1 Å². The number of methoxy groups -OCH3 is 1. The molecular formula is C24H22FN5O4S. The molecule has 2 aromatic heterocycles. The van der Waals surface area contributed by atoms with Crippen molar-refractivity contribution < 1.29 is 22.3 Å². The van der Waals surface area contributed by atoms with Crippen LogP contribution in [0.5, 0.6) is 5.75 Å². The topological polar surface area (TPSA) is 107 Å². The Balaban J connectivity index is 1.52. The molecule has 2 heterocycles. The minimum absolute atomic E-state index is 0.0214. The fraction of sp³-hybridized carbons (Fsp3) is 0.167. The molecule has 0 radical (unpaired) electrons. The average molecular weight is 496 g/mol. The quantitative estimate of drug-likeness (QED) is 0.389. The summed E-state index contributed by atoms with van der Waals surface area (Å²) in [5, 5.41) is 7.10. The normalized spacial score (nSPS) is 13.5. The maximum Gasteiger partial charge on any atom is 0.261 e. The third-order valence-corrected chi connectivity index (χ3v) is 7.06. The third-order valence-electron chi connectivity index (χ3n) is 5.54. The molecule has 4 aromatic rings. The molecule has 35 heavy (non-hydrogen) atoms. The zero-order valence-electron chi connectivity index (χ0n) is 18.7. The van der Waals surface area contributed by atoms with Gasteiger partial charge in [-0.25, -0.2) is 22.2 Å². The highest BCUT2D eigenvalue weighted by atomic mass is 32.2. The molecule has 2 N–H and O–H groups in total. The molecule has 0 saturated heterocycles. The number of nitrogens with zero attached hydrogens (tertiary/aromatic N) is 3. The summed E-state index contributed by atoms with van der Waals surface area (Å²) in [6.45, 7) is 0. The Bertz CT molecular complexity index is 1480. The summed E-state index contributed by atoms with van der Waals surface area (Å²) >= 11 is 0. The number of ether oxygens (including phenoxy) is 1. The minimum atomic E-state index is -3.73. The van der Waals surface area contributed by atoms with Crippen molar-refractivity contribution >= 4 is 21.6 Å². The lowest BCUT2D eigenvalue weighted by Gasteiger charge is -2.14. The largest absolute Gasteiger partial charge is 0.495 e. The Hall–Kier alpha value is -3.96. The van der Waals surface area contributed by atoms with E-state index in [2.05, 4.69) is 15.1 Å². The lowest BCUT2D eigenvalue weighted by molar-refractivity contribution is 0.102. The van der Waals surface area contributed by atoms with Crippen LogP contribution >= 0.6 is 0 Å². The van der Waals surface area contributed by atoms with E-state index < -0.39 is 15.9 Å². The first-order valence-electron chi connectivity index (χ1n) is 10.8. The lowest BCUT2D eigenvalue weighted by atomic mass is 10.2. The van der Waals surface area contributed by atoms with Crippen molar-refractivity contribution in [3.05, 3.63) is 84.6 Å². The van der Waals surface area contributed by atoms with Crippen LogP contribution in [0.25, 0.3) is 11.5 Å². The molecule has 0 unspecified atom stereocenters. The molecule has 2 aromatic carbocycles.